The quantitative estimate of drug-likeness (QED) is 0.843. The van der Waals surface area contributed by atoms with Gasteiger partial charge in [0.2, 0.25) is 11.8 Å². The van der Waals surface area contributed by atoms with Crippen LogP contribution in [0, 0.1) is 6.92 Å². The van der Waals surface area contributed by atoms with E-state index in [4.69, 9.17) is 10.5 Å². The SMILES string of the molecule is Cc1ccc(C=CC(=O)N2CCC[C@]23CC(C)(C)O[C@H]3CC(N)=O)cc1. The first-order valence-corrected chi connectivity index (χ1v) is 9.24. The summed E-state index contributed by atoms with van der Waals surface area (Å²) in [6, 6.07) is 8.04. The zero-order valence-corrected chi connectivity index (χ0v) is 15.8. The van der Waals surface area contributed by atoms with Gasteiger partial charge in [0.15, 0.2) is 0 Å². The van der Waals surface area contributed by atoms with Crippen LogP contribution in [0.3, 0.4) is 0 Å². The molecule has 2 atom stereocenters. The van der Waals surface area contributed by atoms with Crippen LogP contribution in [0.15, 0.2) is 30.3 Å². The Kier molecular flexibility index (Phi) is 4.93. The third kappa shape index (κ3) is 3.68. The van der Waals surface area contributed by atoms with Gasteiger partial charge in [-0.25, -0.2) is 0 Å². The number of ether oxygens (including phenoxy) is 1. The fourth-order valence-corrected chi connectivity index (χ4v) is 4.49. The van der Waals surface area contributed by atoms with Crippen molar-refractivity contribution in [2.45, 2.75) is 63.7 Å². The van der Waals surface area contributed by atoms with Crippen LogP contribution in [0.1, 0.15) is 50.7 Å². The number of primary amides is 1. The number of likely N-dealkylation sites (tertiary alicyclic amines) is 1. The van der Waals surface area contributed by atoms with Crippen LogP contribution in [0.4, 0.5) is 0 Å². The summed E-state index contributed by atoms with van der Waals surface area (Å²) in [5.74, 6) is -0.416. The molecular weight excluding hydrogens is 328 g/mol. The minimum Gasteiger partial charge on any atom is -0.370 e. The molecule has 0 aliphatic carbocycles. The lowest BCUT2D eigenvalue weighted by Crippen LogP contribution is -2.53. The molecular formula is C21H28N2O3. The average molecular weight is 356 g/mol. The van der Waals surface area contributed by atoms with Crippen LogP contribution in [0.5, 0.6) is 0 Å². The highest BCUT2D eigenvalue weighted by Gasteiger charge is 2.58. The highest BCUT2D eigenvalue weighted by Crippen LogP contribution is 2.48. The Bertz CT molecular complexity index is 723. The molecule has 0 unspecified atom stereocenters. The van der Waals surface area contributed by atoms with Gasteiger partial charge in [0.1, 0.15) is 0 Å². The van der Waals surface area contributed by atoms with Crippen LogP contribution in [-0.2, 0) is 14.3 Å². The van der Waals surface area contributed by atoms with E-state index in [-0.39, 0.29) is 29.9 Å². The lowest BCUT2D eigenvalue weighted by molar-refractivity contribution is -0.135. The van der Waals surface area contributed by atoms with Crippen LogP contribution in [0.25, 0.3) is 6.08 Å². The van der Waals surface area contributed by atoms with Gasteiger partial charge in [-0.2, -0.15) is 0 Å². The molecule has 2 amide bonds. The van der Waals surface area contributed by atoms with Gasteiger partial charge in [-0.15, -0.1) is 0 Å². The summed E-state index contributed by atoms with van der Waals surface area (Å²) < 4.78 is 6.13. The van der Waals surface area contributed by atoms with Crippen LogP contribution in [-0.4, -0.2) is 40.5 Å². The van der Waals surface area contributed by atoms with Gasteiger partial charge < -0.3 is 15.4 Å². The van der Waals surface area contributed by atoms with Gasteiger partial charge in [0.05, 0.1) is 23.7 Å². The number of hydrogen-bond donors (Lipinski definition) is 1. The molecule has 1 aromatic rings. The van der Waals surface area contributed by atoms with Crippen molar-refractivity contribution >= 4 is 17.9 Å². The number of rotatable bonds is 4. The van der Waals surface area contributed by atoms with E-state index in [1.54, 1.807) is 6.08 Å². The third-order valence-electron chi connectivity index (χ3n) is 5.47. The molecule has 0 aromatic heterocycles. The number of aryl methyl sites for hydroxylation is 1. The smallest absolute Gasteiger partial charge is 0.247 e. The van der Waals surface area contributed by atoms with Gasteiger partial charge >= 0.3 is 0 Å². The number of benzene rings is 1. The second-order valence-corrected chi connectivity index (χ2v) is 8.15. The van der Waals surface area contributed by atoms with Gasteiger partial charge in [0.25, 0.3) is 0 Å². The maximum atomic E-state index is 13.0. The Morgan fingerprint density at radius 2 is 2.00 bits per heavy atom. The first kappa shape index (κ1) is 18.6. The molecule has 5 nitrogen and oxygen atoms in total. The molecule has 5 heteroatoms. The largest absolute Gasteiger partial charge is 0.370 e. The lowest BCUT2D eigenvalue weighted by atomic mass is 9.82. The van der Waals surface area contributed by atoms with Crippen molar-refractivity contribution in [2.24, 2.45) is 5.73 Å². The van der Waals surface area contributed by atoms with Crippen molar-refractivity contribution < 1.29 is 14.3 Å². The monoisotopic (exact) mass is 356 g/mol. The molecule has 2 fully saturated rings. The molecule has 0 radical (unpaired) electrons. The number of nitrogens with two attached hydrogens (primary N) is 1. The predicted octanol–water partition coefficient (Wildman–Crippen LogP) is 2.81. The third-order valence-corrected chi connectivity index (χ3v) is 5.47. The maximum absolute atomic E-state index is 13.0. The van der Waals surface area contributed by atoms with Crippen LogP contribution in [0.2, 0.25) is 0 Å². The average Bonchev–Trinajstić information content (AvgIpc) is 3.07. The summed E-state index contributed by atoms with van der Waals surface area (Å²) in [5.41, 5.74) is 6.82. The molecule has 2 aliphatic rings. The number of carbonyl (C=O) groups is 2. The number of nitrogens with zero attached hydrogens (tertiary/aromatic N) is 1. The Morgan fingerprint density at radius 3 is 2.65 bits per heavy atom. The topological polar surface area (TPSA) is 72.6 Å². The van der Waals surface area contributed by atoms with Gasteiger partial charge in [-0.3, -0.25) is 9.59 Å². The van der Waals surface area contributed by atoms with Crippen molar-refractivity contribution in [3.8, 4) is 0 Å². The molecule has 140 valence electrons. The molecule has 26 heavy (non-hydrogen) atoms. The van der Waals surface area contributed by atoms with E-state index in [1.807, 2.05) is 56.0 Å². The van der Waals surface area contributed by atoms with E-state index in [2.05, 4.69) is 0 Å². The summed E-state index contributed by atoms with van der Waals surface area (Å²) in [6.45, 7) is 6.75. The lowest BCUT2D eigenvalue weighted by Gasteiger charge is -2.38. The van der Waals surface area contributed by atoms with E-state index in [1.165, 1.54) is 5.56 Å². The Morgan fingerprint density at radius 1 is 1.31 bits per heavy atom. The molecule has 2 heterocycles. The highest BCUT2D eigenvalue weighted by molar-refractivity contribution is 5.92. The summed E-state index contributed by atoms with van der Waals surface area (Å²) >= 11 is 0. The van der Waals surface area contributed by atoms with Crippen molar-refractivity contribution in [1.82, 2.24) is 4.90 Å². The van der Waals surface area contributed by atoms with Crippen LogP contribution >= 0.6 is 0 Å². The number of carbonyl (C=O) groups excluding carboxylic acids is 2. The van der Waals surface area contributed by atoms with Gasteiger partial charge in [-0.1, -0.05) is 29.8 Å². The van der Waals surface area contributed by atoms with Crippen LogP contribution < -0.4 is 5.73 Å². The Hall–Kier alpha value is -2.14. The standard InChI is InChI=1S/C21H28N2O3/c1-15-5-7-16(8-6-15)9-10-19(25)23-12-4-11-21(23)14-20(2,3)26-17(21)13-18(22)24/h5-10,17H,4,11-14H2,1-3H3,(H2,22,24)/t17-,21+/m0/s1. The second-order valence-electron chi connectivity index (χ2n) is 8.15. The fourth-order valence-electron chi connectivity index (χ4n) is 4.49. The molecule has 0 saturated carbocycles. The first-order valence-electron chi connectivity index (χ1n) is 9.24. The zero-order valence-electron chi connectivity index (χ0n) is 15.8. The van der Waals surface area contributed by atoms with E-state index in [0.717, 1.165) is 24.8 Å². The minimum absolute atomic E-state index is 0.0288. The van der Waals surface area contributed by atoms with E-state index in [9.17, 15) is 9.59 Å². The predicted molar refractivity (Wildman–Crippen MR) is 101 cm³/mol. The summed E-state index contributed by atoms with van der Waals surface area (Å²) in [6.07, 6.45) is 5.77. The number of amides is 2. The van der Waals surface area contributed by atoms with Crippen molar-refractivity contribution in [3.63, 3.8) is 0 Å². The molecule has 2 N–H and O–H groups in total. The van der Waals surface area contributed by atoms with Gasteiger partial charge in [-0.05, 0) is 45.3 Å². The normalized spacial score (nSPS) is 27.5. The van der Waals surface area contributed by atoms with E-state index < -0.39 is 5.54 Å². The van der Waals surface area contributed by atoms with Crippen molar-refractivity contribution in [3.05, 3.63) is 41.5 Å². The zero-order chi connectivity index (χ0) is 18.9. The van der Waals surface area contributed by atoms with Gasteiger partial charge in [0, 0.05) is 19.0 Å². The second kappa shape index (κ2) is 6.88. The highest BCUT2D eigenvalue weighted by atomic mass is 16.5. The van der Waals surface area contributed by atoms with E-state index >= 15 is 0 Å². The summed E-state index contributed by atoms with van der Waals surface area (Å²) in [4.78, 5) is 26.4. The first-order chi connectivity index (χ1) is 12.2. The van der Waals surface area contributed by atoms with Crippen molar-refractivity contribution in [1.29, 1.82) is 0 Å². The van der Waals surface area contributed by atoms with E-state index in [0.29, 0.717) is 6.54 Å². The molecule has 1 spiro atoms. The Labute approximate surface area is 155 Å². The maximum Gasteiger partial charge on any atom is 0.247 e. The minimum atomic E-state index is -0.437. The van der Waals surface area contributed by atoms with Crippen molar-refractivity contribution in [2.75, 3.05) is 6.54 Å². The molecule has 2 saturated heterocycles. The molecule has 1 aromatic carbocycles. The molecule has 2 aliphatic heterocycles. The number of hydrogen-bond acceptors (Lipinski definition) is 3. The molecule has 0 bridgehead atoms. The summed E-state index contributed by atoms with van der Waals surface area (Å²) in [7, 11) is 0. The fraction of sp³-hybridized carbons (Fsp3) is 0.524. The summed E-state index contributed by atoms with van der Waals surface area (Å²) in [5, 5.41) is 0. The molecule has 3 rings (SSSR count). The Balaban J connectivity index is 1.82.